The Morgan fingerprint density at radius 3 is 1.39 bits per heavy atom. The molecule has 5 aliphatic heterocycles. The predicted molar refractivity (Wildman–Crippen MR) is 349 cm³/mol. The van der Waals surface area contributed by atoms with Gasteiger partial charge >= 0.3 is 5.97 Å². The van der Waals surface area contributed by atoms with Gasteiger partial charge in [0.1, 0.15) is 9.49 Å². The van der Waals surface area contributed by atoms with Crippen molar-refractivity contribution < 1.29 is 79.7 Å². The molecule has 5 saturated heterocycles. The third-order valence-electron chi connectivity index (χ3n) is 18.3. The number of amides is 2. The standard InChI is InChI=1S/C23H38N2O5S.C18H30N2O6S.C13H22N2O3.C10H18O3S/c1-16(29-20-8-6-7-11-28-20)22(2,3)18-14-19(30-25-18)24-21(26)23(4,5)31-13-10-17-9-12-27-15-17;1-12(21)17(2,3)14-10-15(26-20-14)19-16(22)18(4,5)27(23,24)9-7-13-6-8-25-11-13;1-9(17-12-6-4-5-7-16-12)13(2,3)10-8-11(14)18-15-10;1-10(2,9(11)12)14-6-4-8-3-5-13-7-8/h14,16-17,20H,6-13,15H2,1-5H3,(H,24,26);10,12-13,21H,6-9,11H2,1-5H3,(H,19,22);8-9,12H,4-7,14H2,1-3H3;8H,3-7H2,1-2H3,(H,11,12)/t16-,17+,20?;12-,13+;9-,12?;8-/m0001/s1. The minimum atomic E-state index is -3.67. The van der Waals surface area contributed by atoms with Crippen LogP contribution in [0.5, 0.6) is 0 Å². The minimum absolute atomic E-state index is 0.0231. The molecule has 2 amide bonds. The van der Waals surface area contributed by atoms with Crippen LogP contribution in [0.1, 0.15) is 198 Å². The number of aliphatic hydroxyl groups excluding tert-OH is 1. The molecule has 8 atom stereocenters. The molecule has 0 aliphatic carbocycles. The zero-order valence-corrected chi connectivity index (χ0v) is 58.7. The van der Waals surface area contributed by atoms with E-state index >= 15 is 0 Å². The minimum Gasteiger partial charge on any atom is -0.480 e. The molecule has 3 aromatic rings. The Bertz CT molecular complexity index is 2750. The highest BCUT2D eigenvalue weighted by atomic mass is 32.2. The van der Waals surface area contributed by atoms with Crippen molar-refractivity contribution in [3.8, 4) is 0 Å². The number of aliphatic carboxylic acids is 1. The Balaban J connectivity index is 0.000000227. The van der Waals surface area contributed by atoms with Gasteiger partial charge in [0.25, 0.3) is 0 Å². The average molecular weight is 1330 g/mol. The van der Waals surface area contributed by atoms with Crippen molar-refractivity contribution in [1.82, 2.24) is 15.5 Å². The maximum Gasteiger partial charge on any atom is 0.319 e. The molecule has 90 heavy (non-hydrogen) atoms. The van der Waals surface area contributed by atoms with Crippen LogP contribution in [0, 0.1) is 17.8 Å². The number of carboxylic acids is 1. The second kappa shape index (κ2) is 34.5. The third kappa shape index (κ3) is 23.0. The van der Waals surface area contributed by atoms with E-state index < -0.39 is 47.5 Å². The lowest BCUT2D eigenvalue weighted by Gasteiger charge is -2.34. The highest BCUT2D eigenvalue weighted by molar-refractivity contribution is 8.01. The summed E-state index contributed by atoms with van der Waals surface area (Å²) in [6.07, 6.45) is 11.0. The number of nitrogens with two attached hydrogens (primary N) is 1. The number of nitrogens with zero attached hydrogens (tertiary/aromatic N) is 3. The first-order chi connectivity index (χ1) is 42.1. The van der Waals surface area contributed by atoms with Crippen LogP contribution < -0.4 is 16.4 Å². The number of aliphatic hydroxyl groups is 1. The summed E-state index contributed by atoms with van der Waals surface area (Å²) in [6, 6.07) is 5.06. The number of carboxylic acid groups (broad SMARTS) is 1. The predicted octanol–water partition coefficient (Wildman–Crippen LogP) is 11.1. The maximum absolute atomic E-state index is 12.8. The molecule has 0 bridgehead atoms. The number of nitrogen functional groups attached to an aromatic ring is 1. The van der Waals surface area contributed by atoms with Crippen molar-refractivity contribution in [2.45, 2.75) is 242 Å². The number of ether oxygens (including phenoxy) is 7. The number of sulfone groups is 1. The van der Waals surface area contributed by atoms with E-state index in [1.165, 1.54) is 31.7 Å². The zero-order chi connectivity index (χ0) is 66.7. The molecule has 514 valence electrons. The maximum atomic E-state index is 12.8. The van der Waals surface area contributed by atoms with Crippen LogP contribution in [-0.4, -0.2) is 167 Å². The SMILES string of the molecule is CC(C)(SCC[C@H]1CCOC1)C(=O)O.C[C@H](O)C(C)(C)c1cc(NC(=O)C(C)(C)S(=O)(=O)CC[C@H]2CCOC2)on1.C[C@H](OC1CCCCO1)C(C)(C)c1cc(N)on1.C[C@H](OC1CCCCO1)C(C)(C)c1cc(NC(=O)C(C)(C)SCC[C@H]2CCOC2)on1. The molecular weight excluding hydrogens is 1220 g/mol. The molecule has 2 unspecified atom stereocenters. The largest absolute Gasteiger partial charge is 0.480 e. The van der Waals surface area contributed by atoms with Crippen LogP contribution in [0.2, 0.25) is 0 Å². The van der Waals surface area contributed by atoms with Crippen molar-refractivity contribution in [3.63, 3.8) is 0 Å². The fourth-order valence-corrected chi connectivity index (χ4v) is 13.4. The zero-order valence-electron chi connectivity index (χ0n) is 56.3. The summed E-state index contributed by atoms with van der Waals surface area (Å²) in [6.45, 7) is 33.9. The fraction of sp³-hybridized carbons (Fsp3) is 0.812. The van der Waals surface area contributed by atoms with E-state index in [9.17, 15) is 27.9 Å². The van der Waals surface area contributed by atoms with Crippen molar-refractivity contribution >= 4 is 68.8 Å². The van der Waals surface area contributed by atoms with Crippen molar-refractivity contribution in [2.24, 2.45) is 17.8 Å². The molecular formula is C64H108N6O17S3. The highest BCUT2D eigenvalue weighted by Crippen LogP contribution is 2.36. The van der Waals surface area contributed by atoms with Crippen LogP contribution in [0.4, 0.5) is 17.7 Å². The lowest BCUT2D eigenvalue weighted by Crippen LogP contribution is -2.45. The second-order valence-electron chi connectivity index (χ2n) is 27.6. The quantitative estimate of drug-likeness (QED) is 0.0473. The van der Waals surface area contributed by atoms with Crippen LogP contribution in [0.15, 0.2) is 31.8 Å². The Morgan fingerprint density at radius 1 is 0.589 bits per heavy atom. The fourth-order valence-electron chi connectivity index (χ4n) is 9.70. The Kier molecular flexibility index (Phi) is 29.5. The molecule has 0 spiro atoms. The number of aromatic nitrogens is 3. The van der Waals surface area contributed by atoms with E-state index in [1.54, 1.807) is 58.5 Å². The molecule has 3 aromatic heterocycles. The van der Waals surface area contributed by atoms with Gasteiger partial charge in [-0.1, -0.05) is 57.0 Å². The van der Waals surface area contributed by atoms with E-state index in [-0.39, 0.29) is 59.1 Å². The van der Waals surface area contributed by atoms with Crippen LogP contribution in [-0.2, 0) is 73.6 Å². The van der Waals surface area contributed by atoms with Gasteiger partial charge in [-0.15, -0.1) is 23.5 Å². The second-order valence-corrected chi connectivity index (χ2v) is 33.7. The average Bonchev–Trinajstić information content (AvgIpc) is 2.00. The smallest absolute Gasteiger partial charge is 0.319 e. The number of hydrogen-bond acceptors (Lipinski definition) is 22. The van der Waals surface area contributed by atoms with E-state index in [1.807, 2.05) is 27.7 Å². The van der Waals surface area contributed by atoms with E-state index in [0.717, 1.165) is 133 Å². The number of carbonyl (C=O) groups excluding carboxylic acids is 2. The Hall–Kier alpha value is -3.83. The summed E-state index contributed by atoms with van der Waals surface area (Å²) in [7, 11) is -3.67. The normalized spacial score (nSPS) is 22.2. The molecule has 8 heterocycles. The van der Waals surface area contributed by atoms with E-state index in [2.05, 4.69) is 53.8 Å². The van der Waals surface area contributed by atoms with Crippen molar-refractivity contribution in [2.75, 3.05) is 86.5 Å². The van der Waals surface area contributed by atoms with Crippen LogP contribution >= 0.6 is 23.5 Å². The molecule has 5 aliphatic rings. The van der Waals surface area contributed by atoms with Crippen LogP contribution in [0.3, 0.4) is 0 Å². The third-order valence-corrected chi connectivity index (χ3v) is 23.5. The molecule has 0 saturated carbocycles. The van der Waals surface area contributed by atoms with Crippen molar-refractivity contribution in [3.05, 3.63) is 35.3 Å². The van der Waals surface area contributed by atoms with Gasteiger partial charge in [-0.2, -0.15) is 0 Å². The van der Waals surface area contributed by atoms with Gasteiger partial charge in [0, 0.05) is 87.3 Å². The van der Waals surface area contributed by atoms with E-state index in [0.29, 0.717) is 48.9 Å². The molecule has 0 aromatic carbocycles. The van der Waals surface area contributed by atoms with Crippen molar-refractivity contribution in [1.29, 1.82) is 0 Å². The Morgan fingerprint density at radius 2 is 1.00 bits per heavy atom. The topological polar surface area (TPSA) is 319 Å². The first-order valence-electron chi connectivity index (χ1n) is 32.1. The van der Waals surface area contributed by atoms with E-state index in [4.69, 9.17) is 57.6 Å². The van der Waals surface area contributed by atoms with Gasteiger partial charge in [0.2, 0.25) is 29.5 Å². The van der Waals surface area contributed by atoms with Gasteiger partial charge in [-0.05, 0) is 169 Å². The molecule has 26 heteroatoms. The number of carbonyl (C=O) groups is 3. The molecule has 23 nitrogen and oxygen atoms in total. The van der Waals surface area contributed by atoms with Gasteiger partial charge in [0.05, 0.1) is 45.9 Å². The molecule has 5 fully saturated rings. The monoisotopic (exact) mass is 1330 g/mol. The summed E-state index contributed by atoms with van der Waals surface area (Å²) in [5.41, 5.74) is 6.27. The number of anilines is 3. The summed E-state index contributed by atoms with van der Waals surface area (Å²) in [4.78, 5) is 36.3. The lowest BCUT2D eigenvalue weighted by molar-refractivity contribution is -0.196. The lowest BCUT2D eigenvalue weighted by atomic mass is 9.84. The highest BCUT2D eigenvalue weighted by Gasteiger charge is 2.43. The first-order valence-corrected chi connectivity index (χ1v) is 35.7. The van der Waals surface area contributed by atoms with Gasteiger partial charge < -0.3 is 62.7 Å². The number of nitrogens with one attached hydrogen (secondary N) is 2. The number of rotatable bonds is 27. The summed E-state index contributed by atoms with van der Waals surface area (Å²) in [5, 5.41) is 36.2. The van der Waals surface area contributed by atoms with Gasteiger partial charge in [-0.25, -0.2) is 8.42 Å². The molecule has 8 rings (SSSR count). The first kappa shape index (κ1) is 76.9. The van der Waals surface area contributed by atoms with Gasteiger partial charge in [-0.3, -0.25) is 25.0 Å². The van der Waals surface area contributed by atoms with Gasteiger partial charge in [0.15, 0.2) is 22.4 Å². The molecule has 0 radical (unpaired) electrons. The number of hydrogen-bond donors (Lipinski definition) is 5. The molecule has 6 N–H and O–H groups in total. The Labute approximate surface area is 543 Å². The summed E-state index contributed by atoms with van der Waals surface area (Å²) >= 11 is 3.18. The summed E-state index contributed by atoms with van der Waals surface area (Å²) < 4.78 is 77.5. The van der Waals surface area contributed by atoms with Crippen LogP contribution in [0.25, 0.3) is 0 Å². The number of thioether (sulfide) groups is 2. The summed E-state index contributed by atoms with van der Waals surface area (Å²) in [5.74, 6) is 2.52.